The van der Waals surface area contributed by atoms with Crippen molar-refractivity contribution in [2.45, 2.75) is 19.8 Å². The average molecular weight is 238 g/mol. The lowest BCUT2D eigenvalue weighted by Crippen LogP contribution is -2.12. The maximum Gasteiger partial charge on any atom is 0.312 e. The number of hydrogen-bond donors (Lipinski definition) is 0. The summed E-state index contributed by atoms with van der Waals surface area (Å²) in [7, 11) is 2.93. The van der Waals surface area contributed by atoms with Gasteiger partial charge in [0.2, 0.25) is 0 Å². The second-order valence-corrected chi connectivity index (χ2v) is 3.56. The fourth-order valence-electron chi connectivity index (χ4n) is 1.67. The van der Waals surface area contributed by atoms with E-state index in [1.54, 1.807) is 14.0 Å². The Hall–Kier alpha value is -1.71. The highest BCUT2D eigenvalue weighted by molar-refractivity contribution is 5.79. The Balaban J connectivity index is 3.14. The van der Waals surface area contributed by atoms with E-state index in [1.807, 2.05) is 25.1 Å². The van der Waals surface area contributed by atoms with Crippen molar-refractivity contribution in [3.63, 3.8) is 0 Å². The molecular formula is C13H18O4. The van der Waals surface area contributed by atoms with Crippen LogP contribution in [-0.2, 0) is 9.53 Å². The summed E-state index contributed by atoms with van der Waals surface area (Å²) in [6.07, 6.45) is 0. The SMILES string of the molecule is CCOc1cccc(C(C)C(=O)OC)c1OC. The van der Waals surface area contributed by atoms with E-state index in [0.717, 1.165) is 5.56 Å². The molecule has 0 amide bonds. The van der Waals surface area contributed by atoms with Crippen LogP contribution in [0.5, 0.6) is 11.5 Å². The second-order valence-electron chi connectivity index (χ2n) is 3.56. The number of benzene rings is 1. The van der Waals surface area contributed by atoms with Gasteiger partial charge in [-0.1, -0.05) is 12.1 Å². The number of hydrogen-bond acceptors (Lipinski definition) is 4. The smallest absolute Gasteiger partial charge is 0.312 e. The van der Waals surface area contributed by atoms with Gasteiger partial charge >= 0.3 is 5.97 Å². The minimum atomic E-state index is -0.379. The molecule has 1 aromatic rings. The van der Waals surface area contributed by atoms with Crippen LogP contribution in [0, 0.1) is 0 Å². The highest BCUT2D eigenvalue weighted by Crippen LogP contribution is 2.35. The minimum absolute atomic E-state index is 0.294. The second kappa shape index (κ2) is 6.13. The van der Waals surface area contributed by atoms with Crippen LogP contribution >= 0.6 is 0 Å². The molecule has 0 bridgehead atoms. The Labute approximate surface area is 101 Å². The van der Waals surface area contributed by atoms with Crippen molar-refractivity contribution in [3.8, 4) is 11.5 Å². The summed E-state index contributed by atoms with van der Waals surface area (Å²) in [6, 6.07) is 5.49. The number of para-hydroxylation sites is 1. The van der Waals surface area contributed by atoms with E-state index < -0.39 is 0 Å². The Morgan fingerprint density at radius 2 is 2.06 bits per heavy atom. The lowest BCUT2D eigenvalue weighted by Gasteiger charge is -2.16. The molecule has 0 aliphatic rings. The molecule has 0 saturated carbocycles. The van der Waals surface area contributed by atoms with Gasteiger partial charge < -0.3 is 14.2 Å². The van der Waals surface area contributed by atoms with Crippen molar-refractivity contribution in [2.24, 2.45) is 0 Å². The molecule has 1 atom stereocenters. The Morgan fingerprint density at radius 1 is 1.35 bits per heavy atom. The summed E-state index contributed by atoms with van der Waals surface area (Å²) in [6.45, 7) is 4.22. The van der Waals surface area contributed by atoms with Crippen molar-refractivity contribution in [1.29, 1.82) is 0 Å². The molecule has 0 aliphatic carbocycles. The third kappa shape index (κ3) is 2.90. The molecule has 0 aliphatic heterocycles. The topological polar surface area (TPSA) is 44.8 Å². The van der Waals surface area contributed by atoms with E-state index >= 15 is 0 Å². The molecule has 4 nitrogen and oxygen atoms in total. The quantitative estimate of drug-likeness (QED) is 0.739. The fourth-order valence-corrected chi connectivity index (χ4v) is 1.67. The van der Waals surface area contributed by atoms with Crippen molar-refractivity contribution in [1.82, 2.24) is 0 Å². The first-order chi connectivity index (χ1) is 8.15. The fraction of sp³-hybridized carbons (Fsp3) is 0.462. The molecule has 1 unspecified atom stereocenters. The highest BCUT2D eigenvalue weighted by atomic mass is 16.5. The summed E-state index contributed by atoms with van der Waals surface area (Å²) < 4.78 is 15.5. The molecule has 17 heavy (non-hydrogen) atoms. The first-order valence-electron chi connectivity index (χ1n) is 5.53. The summed E-state index contributed by atoms with van der Waals surface area (Å²) in [5.41, 5.74) is 0.769. The Kier molecular flexibility index (Phi) is 4.82. The van der Waals surface area contributed by atoms with E-state index in [1.165, 1.54) is 7.11 Å². The van der Waals surface area contributed by atoms with Gasteiger partial charge in [-0.3, -0.25) is 4.79 Å². The van der Waals surface area contributed by atoms with Crippen LogP contribution in [0.15, 0.2) is 18.2 Å². The van der Waals surface area contributed by atoms with Crippen LogP contribution in [0.4, 0.5) is 0 Å². The molecule has 0 N–H and O–H groups in total. The molecule has 0 saturated heterocycles. The van der Waals surface area contributed by atoms with Gasteiger partial charge in [-0.15, -0.1) is 0 Å². The lowest BCUT2D eigenvalue weighted by molar-refractivity contribution is -0.142. The summed E-state index contributed by atoms with van der Waals surface area (Å²) in [5.74, 6) is 0.558. The van der Waals surface area contributed by atoms with Crippen LogP contribution in [-0.4, -0.2) is 26.8 Å². The predicted octanol–water partition coefficient (Wildman–Crippen LogP) is 2.37. The third-order valence-electron chi connectivity index (χ3n) is 2.53. The normalized spacial score (nSPS) is 11.8. The van der Waals surface area contributed by atoms with Crippen LogP contribution in [0.1, 0.15) is 25.3 Å². The zero-order valence-corrected chi connectivity index (χ0v) is 10.6. The molecule has 0 aromatic heterocycles. The number of carbonyl (C=O) groups is 1. The minimum Gasteiger partial charge on any atom is -0.493 e. The lowest BCUT2D eigenvalue weighted by atomic mass is 10.00. The molecule has 0 spiro atoms. The molecule has 4 heteroatoms. The van der Waals surface area contributed by atoms with Gasteiger partial charge in [0.15, 0.2) is 11.5 Å². The van der Waals surface area contributed by atoms with Gasteiger partial charge in [-0.2, -0.15) is 0 Å². The van der Waals surface area contributed by atoms with Gasteiger partial charge in [0.1, 0.15) is 0 Å². The molecule has 94 valence electrons. The molecule has 1 aromatic carbocycles. The molecular weight excluding hydrogens is 220 g/mol. The van der Waals surface area contributed by atoms with E-state index in [9.17, 15) is 4.79 Å². The summed E-state index contributed by atoms with van der Waals surface area (Å²) >= 11 is 0. The first-order valence-corrected chi connectivity index (χ1v) is 5.53. The van der Waals surface area contributed by atoms with E-state index in [0.29, 0.717) is 18.1 Å². The van der Waals surface area contributed by atoms with Crippen LogP contribution < -0.4 is 9.47 Å². The van der Waals surface area contributed by atoms with Crippen molar-refractivity contribution >= 4 is 5.97 Å². The predicted molar refractivity (Wildman–Crippen MR) is 64.6 cm³/mol. The van der Waals surface area contributed by atoms with Crippen LogP contribution in [0.3, 0.4) is 0 Å². The van der Waals surface area contributed by atoms with Gasteiger partial charge in [0, 0.05) is 5.56 Å². The number of esters is 1. The zero-order valence-electron chi connectivity index (χ0n) is 10.6. The third-order valence-corrected chi connectivity index (χ3v) is 2.53. The average Bonchev–Trinajstić information content (AvgIpc) is 2.37. The molecule has 0 radical (unpaired) electrons. The van der Waals surface area contributed by atoms with Crippen LogP contribution in [0.25, 0.3) is 0 Å². The zero-order chi connectivity index (χ0) is 12.8. The number of methoxy groups -OCH3 is 2. The molecule has 0 fully saturated rings. The Morgan fingerprint density at radius 3 is 2.59 bits per heavy atom. The Bertz CT molecular complexity index is 387. The van der Waals surface area contributed by atoms with E-state index in [-0.39, 0.29) is 11.9 Å². The van der Waals surface area contributed by atoms with Crippen molar-refractivity contribution in [3.05, 3.63) is 23.8 Å². The van der Waals surface area contributed by atoms with Gasteiger partial charge in [-0.05, 0) is 19.9 Å². The molecule has 1 rings (SSSR count). The van der Waals surface area contributed by atoms with E-state index in [4.69, 9.17) is 14.2 Å². The van der Waals surface area contributed by atoms with E-state index in [2.05, 4.69) is 0 Å². The standard InChI is InChI=1S/C13H18O4/c1-5-17-11-8-6-7-10(12(11)15-3)9(2)13(14)16-4/h6-9H,5H2,1-4H3. The van der Waals surface area contributed by atoms with Gasteiger partial charge in [-0.25, -0.2) is 0 Å². The number of ether oxygens (including phenoxy) is 3. The van der Waals surface area contributed by atoms with Crippen molar-refractivity contribution in [2.75, 3.05) is 20.8 Å². The summed E-state index contributed by atoms with van der Waals surface area (Å²) in [5, 5.41) is 0. The molecule has 0 heterocycles. The maximum absolute atomic E-state index is 11.5. The van der Waals surface area contributed by atoms with Crippen LogP contribution in [0.2, 0.25) is 0 Å². The largest absolute Gasteiger partial charge is 0.493 e. The first kappa shape index (κ1) is 13.4. The summed E-state index contributed by atoms with van der Waals surface area (Å²) in [4.78, 5) is 11.5. The maximum atomic E-state index is 11.5. The van der Waals surface area contributed by atoms with Gasteiger partial charge in [0.25, 0.3) is 0 Å². The number of carbonyl (C=O) groups excluding carboxylic acids is 1. The van der Waals surface area contributed by atoms with Gasteiger partial charge in [0.05, 0.1) is 26.7 Å². The van der Waals surface area contributed by atoms with Crippen molar-refractivity contribution < 1.29 is 19.0 Å². The highest BCUT2D eigenvalue weighted by Gasteiger charge is 2.21. The number of rotatable bonds is 5. The monoisotopic (exact) mass is 238 g/mol.